The molecule has 1 aliphatic rings. The van der Waals surface area contributed by atoms with Crippen molar-refractivity contribution < 1.29 is 14.7 Å². The van der Waals surface area contributed by atoms with Crippen molar-refractivity contribution in [1.82, 2.24) is 24.8 Å². The average molecular weight is 625 g/mol. The molecule has 1 amide bonds. The molecular weight excluding hydrogens is 589 g/mol. The summed E-state index contributed by atoms with van der Waals surface area (Å²) in [5.41, 5.74) is 1.69. The van der Waals surface area contributed by atoms with Crippen LogP contribution < -0.4 is 16.0 Å². The molecule has 0 aliphatic heterocycles. The fraction of sp³-hybridized carbons (Fsp3) is 0.323. The second-order valence-corrected chi connectivity index (χ2v) is 11.2. The Morgan fingerprint density at radius 3 is 2.49 bits per heavy atom. The predicted octanol–water partition coefficient (Wildman–Crippen LogP) is 6.59. The van der Waals surface area contributed by atoms with Gasteiger partial charge in [0.2, 0.25) is 11.9 Å². The van der Waals surface area contributed by atoms with E-state index in [4.69, 9.17) is 23.2 Å². The maximum absolute atomic E-state index is 12.4. The molecule has 0 saturated heterocycles. The number of carbonyl (C=O) groups is 2. The number of rotatable bonds is 10. The summed E-state index contributed by atoms with van der Waals surface area (Å²) in [5.74, 6) is 1.00. The Kier molecular flexibility index (Phi) is 11.8. The molecule has 4 N–H and O–H groups in total. The summed E-state index contributed by atoms with van der Waals surface area (Å²) in [6, 6.07) is 13.3. The summed E-state index contributed by atoms with van der Waals surface area (Å²) in [7, 11) is 0. The third kappa shape index (κ3) is 10.3. The van der Waals surface area contributed by atoms with Gasteiger partial charge in [0.15, 0.2) is 0 Å². The van der Waals surface area contributed by atoms with Crippen LogP contribution in [0.4, 0.5) is 11.8 Å². The monoisotopic (exact) mass is 623 g/mol. The molecule has 0 spiro atoms. The molecule has 226 valence electrons. The predicted molar refractivity (Wildman–Crippen MR) is 169 cm³/mol. The highest BCUT2D eigenvalue weighted by molar-refractivity contribution is 6.35. The first-order valence-corrected chi connectivity index (χ1v) is 14.9. The highest BCUT2D eigenvalue weighted by atomic mass is 35.5. The topological polar surface area (TPSA) is 134 Å². The zero-order chi connectivity index (χ0) is 30.6. The van der Waals surface area contributed by atoms with Gasteiger partial charge in [0.05, 0.1) is 12.1 Å². The van der Waals surface area contributed by atoms with E-state index in [1.807, 2.05) is 0 Å². The Morgan fingerprint density at radius 2 is 1.81 bits per heavy atom. The van der Waals surface area contributed by atoms with E-state index in [2.05, 4.69) is 37.8 Å². The lowest BCUT2D eigenvalue weighted by atomic mass is 9.91. The number of hydrogen-bond acceptors (Lipinski definition) is 7. The van der Waals surface area contributed by atoms with Gasteiger partial charge in [-0.05, 0) is 41.3 Å². The summed E-state index contributed by atoms with van der Waals surface area (Å²) in [6.07, 6.45) is 12.4. The first-order valence-electron chi connectivity index (χ1n) is 14.1. The lowest BCUT2D eigenvalue weighted by Crippen LogP contribution is -2.29. The average Bonchev–Trinajstić information content (AvgIpc) is 3.55. The maximum atomic E-state index is 12.4. The summed E-state index contributed by atoms with van der Waals surface area (Å²) in [5, 5.41) is 19.1. The molecule has 12 heteroatoms. The highest BCUT2D eigenvalue weighted by Crippen LogP contribution is 2.22. The summed E-state index contributed by atoms with van der Waals surface area (Å²) in [4.78, 5) is 36.6. The van der Waals surface area contributed by atoms with Crippen molar-refractivity contribution >= 4 is 46.8 Å². The van der Waals surface area contributed by atoms with Crippen molar-refractivity contribution in [2.24, 2.45) is 5.92 Å². The standard InChI is InChI=1S/C24H21Cl2N7O3.C7H14/c25-18-5-4-17(19(26)9-18)12-29-22(34)13-28-20-10-21(33-7-6-27-14-33)32-24(31-20)30-11-15-2-1-3-16(8-15)23(35)36;1-7-5-3-2-4-6-7/h1-10,14H,11-13H2,(H,29,34)(H,35,36)(H2,28,30,31,32);7H,2-6H2,1H3. The zero-order valence-electron chi connectivity index (χ0n) is 23.9. The molecule has 5 rings (SSSR count). The first-order chi connectivity index (χ1) is 20.8. The number of anilines is 2. The Morgan fingerprint density at radius 1 is 1.00 bits per heavy atom. The summed E-state index contributed by atoms with van der Waals surface area (Å²) in [6.45, 7) is 2.88. The molecule has 4 aromatic rings. The molecule has 0 atom stereocenters. The van der Waals surface area contributed by atoms with E-state index in [1.165, 1.54) is 38.2 Å². The number of nitrogens with one attached hydrogen (secondary N) is 3. The van der Waals surface area contributed by atoms with Crippen LogP contribution in [0.15, 0.2) is 67.3 Å². The molecule has 1 fully saturated rings. The van der Waals surface area contributed by atoms with Crippen molar-refractivity contribution in [2.75, 3.05) is 17.2 Å². The van der Waals surface area contributed by atoms with Crippen LogP contribution >= 0.6 is 23.2 Å². The molecule has 2 aromatic heterocycles. The van der Waals surface area contributed by atoms with Crippen molar-refractivity contribution in [3.8, 4) is 5.82 Å². The third-order valence-corrected chi connectivity index (χ3v) is 7.51. The van der Waals surface area contributed by atoms with Gasteiger partial charge in [0, 0.05) is 41.6 Å². The number of amides is 1. The number of aromatic nitrogens is 4. The third-order valence-electron chi connectivity index (χ3n) is 6.92. The molecule has 0 bridgehead atoms. The van der Waals surface area contributed by atoms with E-state index in [-0.39, 0.29) is 30.5 Å². The van der Waals surface area contributed by atoms with Crippen LogP contribution in [0.1, 0.15) is 60.5 Å². The van der Waals surface area contributed by atoms with Crippen LogP contribution in [0.3, 0.4) is 0 Å². The van der Waals surface area contributed by atoms with E-state index < -0.39 is 5.97 Å². The number of hydrogen-bond donors (Lipinski definition) is 4. The van der Waals surface area contributed by atoms with Crippen LogP contribution in [0.25, 0.3) is 5.82 Å². The summed E-state index contributed by atoms with van der Waals surface area (Å²) < 4.78 is 1.70. The molecule has 1 saturated carbocycles. The first kappa shape index (κ1) is 31.8. The van der Waals surface area contributed by atoms with E-state index in [9.17, 15) is 14.7 Å². The van der Waals surface area contributed by atoms with Gasteiger partial charge in [-0.1, -0.05) is 80.4 Å². The van der Waals surface area contributed by atoms with Gasteiger partial charge in [0.1, 0.15) is 18.0 Å². The summed E-state index contributed by atoms with van der Waals surface area (Å²) >= 11 is 12.1. The van der Waals surface area contributed by atoms with Gasteiger partial charge >= 0.3 is 5.97 Å². The zero-order valence-corrected chi connectivity index (χ0v) is 25.4. The van der Waals surface area contributed by atoms with Crippen LogP contribution in [-0.2, 0) is 17.9 Å². The number of nitrogens with zero attached hydrogens (tertiary/aromatic N) is 4. The van der Waals surface area contributed by atoms with E-state index in [0.29, 0.717) is 28.2 Å². The van der Waals surface area contributed by atoms with Crippen molar-refractivity contribution in [3.05, 3.63) is 94.0 Å². The second-order valence-electron chi connectivity index (χ2n) is 10.4. The Labute approximate surface area is 260 Å². The lowest BCUT2D eigenvalue weighted by molar-refractivity contribution is -0.119. The Bertz CT molecular complexity index is 1510. The molecule has 2 aromatic carbocycles. The number of carbonyl (C=O) groups excluding carboxylic acids is 1. The van der Waals surface area contributed by atoms with Crippen molar-refractivity contribution in [1.29, 1.82) is 0 Å². The number of carboxylic acid groups (broad SMARTS) is 1. The molecule has 10 nitrogen and oxygen atoms in total. The van der Waals surface area contributed by atoms with E-state index in [0.717, 1.165) is 17.0 Å². The minimum atomic E-state index is -1.00. The van der Waals surface area contributed by atoms with Gasteiger partial charge in [-0.15, -0.1) is 0 Å². The Balaban J connectivity index is 0.000000530. The highest BCUT2D eigenvalue weighted by Gasteiger charge is 2.10. The lowest BCUT2D eigenvalue weighted by Gasteiger charge is -2.15. The number of imidazole rings is 1. The fourth-order valence-corrected chi connectivity index (χ4v) is 5.00. The van der Waals surface area contributed by atoms with E-state index >= 15 is 0 Å². The van der Waals surface area contributed by atoms with Crippen LogP contribution in [-0.4, -0.2) is 43.0 Å². The van der Waals surface area contributed by atoms with Gasteiger partial charge in [0.25, 0.3) is 0 Å². The fourth-order valence-electron chi connectivity index (χ4n) is 4.53. The smallest absolute Gasteiger partial charge is 0.335 e. The molecular formula is C31H35Cl2N7O3. The number of benzene rings is 2. The van der Waals surface area contributed by atoms with Crippen LogP contribution in [0.5, 0.6) is 0 Å². The largest absolute Gasteiger partial charge is 0.478 e. The molecule has 0 radical (unpaired) electrons. The number of carboxylic acids is 1. The number of aromatic carboxylic acids is 1. The van der Waals surface area contributed by atoms with Gasteiger partial charge in [-0.3, -0.25) is 9.36 Å². The maximum Gasteiger partial charge on any atom is 0.335 e. The molecule has 0 unspecified atom stereocenters. The molecule has 2 heterocycles. The SMILES string of the molecule is CC1CCCCC1.O=C(CNc1cc(-n2ccnc2)nc(NCc2cccc(C(=O)O)c2)n1)NCc1ccc(Cl)cc1Cl. The van der Waals surface area contributed by atoms with Crippen molar-refractivity contribution in [2.45, 2.75) is 52.1 Å². The van der Waals surface area contributed by atoms with Crippen molar-refractivity contribution in [3.63, 3.8) is 0 Å². The minimum absolute atomic E-state index is 0.0360. The molecule has 1 aliphatic carbocycles. The molecule has 43 heavy (non-hydrogen) atoms. The number of halogens is 2. The van der Waals surface area contributed by atoms with Crippen LogP contribution in [0, 0.1) is 5.92 Å². The Hall–Kier alpha value is -4.15. The van der Waals surface area contributed by atoms with Crippen LogP contribution in [0.2, 0.25) is 10.0 Å². The minimum Gasteiger partial charge on any atom is -0.478 e. The van der Waals surface area contributed by atoms with Gasteiger partial charge < -0.3 is 21.1 Å². The second kappa shape index (κ2) is 15.9. The van der Waals surface area contributed by atoms with Gasteiger partial charge in [-0.25, -0.2) is 9.78 Å². The normalized spacial score (nSPS) is 13.0. The van der Waals surface area contributed by atoms with E-state index in [1.54, 1.807) is 65.8 Å². The quantitative estimate of drug-likeness (QED) is 0.155. The van der Waals surface area contributed by atoms with Gasteiger partial charge in [-0.2, -0.15) is 9.97 Å².